The molecule has 1 atom stereocenters. The molecule has 0 aromatic heterocycles. The van der Waals surface area contributed by atoms with Gasteiger partial charge in [0.2, 0.25) is 5.91 Å². The summed E-state index contributed by atoms with van der Waals surface area (Å²) in [5.41, 5.74) is 8.06. The molecular weight excluding hydrogens is 364 g/mol. The summed E-state index contributed by atoms with van der Waals surface area (Å²) >= 11 is 0. The number of carbonyl (C=O) groups excluding carboxylic acids is 1. The van der Waals surface area contributed by atoms with Crippen LogP contribution in [0.3, 0.4) is 0 Å². The molecule has 1 aliphatic heterocycles. The van der Waals surface area contributed by atoms with E-state index in [0.29, 0.717) is 24.6 Å². The topological polar surface area (TPSA) is 79.9 Å². The minimum Gasteiger partial charge on any atom is -0.376 e. The van der Waals surface area contributed by atoms with Gasteiger partial charge in [-0.1, -0.05) is 42.5 Å². The lowest BCUT2D eigenvalue weighted by Crippen LogP contribution is -2.40. The summed E-state index contributed by atoms with van der Waals surface area (Å²) in [5.74, 6) is 0.990. The summed E-state index contributed by atoms with van der Waals surface area (Å²) in [5, 5.41) is 3.38. The van der Waals surface area contributed by atoms with E-state index in [1.165, 1.54) is 5.56 Å². The molecule has 1 unspecified atom stereocenters. The number of hydrogen-bond donors (Lipinski definition) is 2. The molecule has 2 aromatic carbocycles. The summed E-state index contributed by atoms with van der Waals surface area (Å²) in [4.78, 5) is 18.4. The molecule has 6 heteroatoms. The van der Waals surface area contributed by atoms with Gasteiger partial charge in [-0.3, -0.25) is 4.79 Å². The second-order valence-electron chi connectivity index (χ2n) is 7.34. The molecule has 1 saturated heterocycles. The van der Waals surface area contributed by atoms with E-state index >= 15 is 0 Å². The Kier molecular flexibility index (Phi) is 7.64. The smallest absolute Gasteiger partial charge is 0.248 e. The van der Waals surface area contributed by atoms with Crippen LogP contribution in [0.25, 0.3) is 0 Å². The van der Waals surface area contributed by atoms with Crippen molar-refractivity contribution in [2.45, 2.75) is 26.5 Å². The van der Waals surface area contributed by atoms with Gasteiger partial charge in [-0.2, -0.15) is 0 Å². The van der Waals surface area contributed by atoms with Crippen LogP contribution < -0.4 is 11.1 Å². The summed E-state index contributed by atoms with van der Waals surface area (Å²) in [6.07, 6.45) is 1.09. The van der Waals surface area contributed by atoms with Crippen molar-refractivity contribution in [3.63, 3.8) is 0 Å². The van der Waals surface area contributed by atoms with Gasteiger partial charge in [0, 0.05) is 31.1 Å². The zero-order chi connectivity index (χ0) is 20.5. The number of nitrogens with one attached hydrogen (secondary N) is 1. The average molecular weight is 395 g/mol. The molecular formula is C23H30N4O2. The molecule has 0 saturated carbocycles. The molecule has 1 aliphatic rings. The molecule has 154 valence electrons. The zero-order valence-corrected chi connectivity index (χ0v) is 17.0. The van der Waals surface area contributed by atoms with Crippen molar-refractivity contribution in [1.29, 1.82) is 0 Å². The minimum absolute atomic E-state index is 0.416. The fourth-order valence-electron chi connectivity index (χ4n) is 3.49. The van der Waals surface area contributed by atoms with E-state index in [4.69, 9.17) is 15.5 Å². The molecule has 3 N–H and O–H groups in total. The van der Waals surface area contributed by atoms with E-state index in [0.717, 1.165) is 44.2 Å². The van der Waals surface area contributed by atoms with Crippen LogP contribution in [0.1, 0.15) is 34.8 Å². The predicted molar refractivity (Wildman–Crippen MR) is 116 cm³/mol. The molecule has 3 rings (SSSR count). The second-order valence-corrected chi connectivity index (χ2v) is 7.34. The van der Waals surface area contributed by atoms with E-state index in [1.807, 2.05) is 30.3 Å². The minimum atomic E-state index is -0.416. The Bertz CT molecular complexity index is 823. The van der Waals surface area contributed by atoms with Crippen LogP contribution in [0.4, 0.5) is 0 Å². The Balaban J connectivity index is 1.53. The maximum atomic E-state index is 11.4. The number of primary amides is 1. The molecule has 6 nitrogen and oxygen atoms in total. The highest BCUT2D eigenvalue weighted by Crippen LogP contribution is 2.18. The molecule has 0 radical (unpaired) electrons. The van der Waals surface area contributed by atoms with Gasteiger partial charge in [0.05, 0.1) is 19.8 Å². The van der Waals surface area contributed by atoms with Crippen molar-refractivity contribution < 1.29 is 9.53 Å². The van der Waals surface area contributed by atoms with Crippen LogP contribution in [0.5, 0.6) is 0 Å². The monoisotopic (exact) mass is 394 g/mol. The van der Waals surface area contributed by atoms with Gasteiger partial charge in [0.25, 0.3) is 0 Å². The maximum Gasteiger partial charge on any atom is 0.248 e. The van der Waals surface area contributed by atoms with Crippen molar-refractivity contribution in [2.24, 2.45) is 16.6 Å². The number of amides is 1. The van der Waals surface area contributed by atoms with Crippen molar-refractivity contribution >= 4 is 11.9 Å². The SMILES string of the molecule is CCNC(=NCc1cccc(C(N)=O)c1)N1CCC(COCc2ccccc2)C1. The number of likely N-dealkylation sites (tertiary alicyclic amines) is 1. The number of rotatable bonds is 8. The van der Waals surface area contributed by atoms with Crippen molar-refractivity contribution in [3.8, 4) is 0 Å². The van der Waals surface area contributed by atoms with Crippen LogP contribution in [-0.4, -0.2) is 43.0 Å². The number of benzene rings is 2. The largest absolute Gasteiger partial charge is 0.376 e. The van der Waals surface area contributed by atoms with Crippen LogP contribution in [0, 0.1) is 5.92 Å². The molecule has 1 fully saturated rings. The second kappa shape index (κ2) is 10.6. The fraction of sp³-hybridized carbons (Fsp3) is 0.391. The molecule has 1 amide bonds. The fourth-order valence-corrected chi connectivity index (χ4v) is 3.49. The van der Waals surface area contributed by atoms with Gasteiger partial charge in [-0.25, -0.2) is 4.99 Å². The summed E-state index contributed by atoms with van der Waals surface area (Å²) in [6.45, 7) is 6.70. The quantitative estimate of drug-likeness (QED) is 0.533. The molecule has 0 spiro atoms. The number of guanidine groups is 1. The third-order valence-electron chi connectivity index (χ3n) is 5.01. The highest BCUT2D eigenvalue weighted by atomic mass is 16.5. The number of hydrogen-bond acceptors (Lipinski definition) is 3. The summed E-state index contributed by atoms with van der Waals surface area (Å²) in [7, 11) is 0. The van der Waals surface area contributed by atoms with Gasteiger partial charge in [0.1, 0.15) is 0 Å². The van der Waals surface area contributed by atoms with E-state index in [9.17, 15) is 4.79 Å². The Morgan fingerprint density at radius 1 is 1.21 bits per heavy atom. The first-order valence-electron chi connectivity index (χ1n) is 10.2. The third kappa shape index (κ3) is 6.32. The van der Waals surface area contributed by atoms with E-state index in [-0.39, 0.29) is 0 Å². The highest BCUT2D eigenvalue weighted by molar-refractivity contribution is 5.92. The molecule has 2 aromatic rings. The number of nitrogens with zero attached hydrogens (tertiary/aromatic N) is 2. The van der Waals surface area contributed by atoms with Crippen molar-refractivity contribution in [1.82, 2.24) is 10.2 Å². The predicted octanol–water partition coefficient (Wildman–Crippen LogP) is 2.79. The van der Waals surface area contributed by atoms with Crippen molar-refractivity contribution in [3.05, 3.63) is 71.3 Å². The standard InChI is InChI=1S/C23H30N4O2/c1-2-25-23(26-14-19-9-6-10-21(13-19)22(24)28)27-12-11-20(15-27)17-29-16-18-7-4-3-5-8-18/h3-10,13,20H,2,11-12,14-17H2,1H3,(H2,24,28)(H,25,26). The van der Waals surface area contributed by atoms with Crippen LogP contribution in [0.2, 0.25) is 0 Å². The first-order chi connectivity index (χ1) is 14.2. The van der Waals surface area contributed by atoms with Gasteiger partial charge in [-0.05, 0) is 36.6 Å². The first-order valence-corrected chi connectivity index (χ1v) is 10.2. The maximum absolute atomic E-state index is 11.4. The Labute approximate surface area is 172 Å². The van der Waals surface area contributed by atoms with E-state index in [1.54, 1.807) is 12.1 Å². The normalized spacial score (nSPS) is 16.8. The number of nitrogens with two attached hydrogens (primary N) is 1. The lowest BCUT2D eigenvalue weighted by molar-refractivity contribution is 0.0906. The highest BCUT2D eigenvalue weighted by Gasteiger charge is 2.25. The number of carbonyl (C=O) groups is 1. The molecule has 1 heterocycles. The van der Waals surface area contributed by atoms with E-state index in [2.05, 4.69) is 29.3 Å². The lowest BCUT2D eigenvalue weighted by atomic mass is 10.1. The van der Waals surface area contributed by atoms with Gasteiger partial charge in [0.15, 0.2) is 5.96 Å². The number of ether oxygens (including phenoxy) is 1. The van der Waals surface area contributed by atoms with Gasteiger partial charge < -0.3 is 20.7 Å². The number of aliphatic imine (C=N–C) groups is 1. The molecule has 0 bridgehead atoms. The first kappa shape index (κ1) is 20.9. The summed E-state index contributed by atoms with van der Waals surface area (Å²) in [6, 6.07) is 17.6. The molecule has 0 aliphatic carbocycles. The van der Waals surface area contributed by atoms with Crippen LogP contribution in [0.15, 0.2) is 59.6 Å². The van der Waals surface area contributed by atoms with Crippen LogP contribution >= 0.6 is 0 Å². The van der Waals surface area contributed by atoms with Gasteiger partial charge in [-0.15, -0.1) is 0 Å². The summed E-state index contributed by atoms with van der Waals surface area (Å²) < 4.78 is 5.93. The van der Waals surface area contributed by atoms with Crippen LogP contribution in [-0.2, 0) is 17.9 Å². The molecule has 29 heavy (non-hydrogen) atoms. The Morgan fingerprint density at radius 3 is 2.76 bits per heavy atom. The Hall–Kier alpha value is -2.86. The van der Waals surface area contributed by atoms with E-state index < -0.39 is 5.91 Å². The van der Waals surface area contributed by atoms with Gasteiger partial charge >= 0.3 is 0 Å². The Morgan fingerprint density at radius 2 is 2.00 bits per heavy atom. The zero-order valence-electron chi connectivity index (χ0n) is 17.0. The average Bonchev–Trinajstić information content (AvgIpc) is 3.21. The van der Waals surface area contributed by atoms with Crippen molar-refractivity contribution in [2.75, 3.05) is 26.2 Å². The third-order valence-corrected chi connectivity index (χ3v) is 5.01. The lowest BCUT2D eigenvalue weighted by Gasteiger charge is -2.21.